The van der Waals surface area contributed by atoms with E-state index in [4.69, 9.17) is 16.0 Å². The topological polar surface area (TPSA) is 127 Å². The van der Waals surface area contributed by atoms with Gasteiger partial charge in [0.25, 0.3) is 11.6 Å². The molecule has 0 bridgehead atoms. The molecule has 182 valence electrons. The number of Topliss-reactive ketones (excluding diaryl/α,β-unsaturated/α-hetero) is 1. The number of hydrogen-bond acceptors (Lipinski definition) is 8. The van der Waals surface area contributed by atoms with Crippen molar-refractivity contribution in [3.05, 3.63) is 111 Å². The van der Waals surface area contributed by atoms with Crippen molar-refractivity contribution >= 4 is 66.6 Å². The molecule has 0 spiro atoms. The zero-order valence-corrected chi connectivity index (χ0v) is 20.2. The third-order valence-corrected chi connectivity index (χ3v) is 7.32. The molecule has 37 heavy (non-hydrogen) atoms. The summed E-state index contributed by atoms with van der Waals surface area (Å²) in [6.45, 7) is 0. The molecule has 1 unspecified atom stereocenters. The van der Waals surface area contributed by atoms with Crippen molar-refractivity contribution in [3.63, 3.8) is 0 Å². The maximum absolute atomic E-state index is 13.7. The van der Waals surface area contributed by atoms with Gasteiger partial charge in [-0.1, -0.05) is 41.1 Å². The standard InChI is InChI=1S/C26H14ClN3O6S/c27-15-7-10-17-20(12-15)37-26(28-17)29-22(13-5-8-16(9-6-13)30(34)35)21(24(32)25(29)33)23(31)19-11-14-3-1-2-4-18(14)36-19/h1-12,22,32H. The fourth-order valence-corrected chi connectivity index (χ4v) is 5.61. The van der Waals surface area contributed by atoms with E-state index >= 15 is 0 Å². The summed E-state index contributed by atoms with van der Waals surface area (Å²) in [5, 5.41) is 23.6. The maximum atomic E-state index is 13.7. The lowest BCUT2D eigenvalue weighted by Crippen LogP contribution is -2.30. The largest absolute Gasteiger partial charge is 0.503 e. The van der Waals surface area contributed by atoms with Gasteiger partial charge in [0.1, 0.15) is 5.58 Å². The number of amides is 1. The number of hydrogen-bond donors (Lipinski definition) is 1. The molecule has 6 rings (SSSR count). The van der Waals surface area contributed by atoms with Crippen LogP contribution in [0, 0.1) is 10.1 Å². The number of nitrogens with zero attached hydrogens (tertiary/aromatic N) is 3. The number of furan rings is 1. The molecule has 1 atom stereocenters. The Morgan fingerprint density at radius 2 is 1.86 bits per heavy atom. The molecule has 1 aliphatic rings. The number of non-ortho nitro benzene ring substituents is 1. The molecule has 2 aromatic heterocycles. The number of aromatic nitrogens is 1. The molecule has 5 aromatic rings. The second-order valence-electron chi connectivity index (χ2n) is 8.27. The Morgan fingerprint density at radius 1 is 1.11 bits per heavy atom. The molecule has 0 fully saturated rings. The molecule has 0 saturated heterocycles. The zero-order chi connectivity index (χ0) is 25.8. The molecule has 0 radical (unpaired) electrons. The smallest absolute Gasteiger partial charge is 0.296 e. The number of halogens is 1. The number of benzene rings is 3. The average molecular weight is 532 g/mol. The lowest BCUT2D eigenvalue weighted by Gasteiger charge is -2.24. The van der Waals surface area contributed by atoms with E-state index in [1.54, 1.807) is 42.5 Å². The maximum Gasteiger partial charge on any atom is 0.296 e. The van der Waals surface area contributed by atoms with Crippen LogP contribution in [0.3, 0.4) is 0 Å². The minimum atomic E-state index is -1.11. The fourth-order valence-electron chi connectivity index (χ4n) is 4.34. The first-order valence-corrected chi connectivity index (χ1v) is 12.1. The van der Waals surface area contributed by atoms with Crippen LogP contribution < -0.4 is 4.90 Å². The van der Waals surface area contributed by atoms with E-state index in [9.17, 15) is 24.8 Å². The van der Waals surface area contributed by atoms with Gasteiger partial charge in [-0.2, -0.15) is 0 Å². The second kappa shape index (κ2) is 8.54. The van der Waals surface area contributed by atoms with E-state index in [1.165, 1.54) is 35.2 Å². The number of aliphatic hydroxyl groups excluding tert-OH is 1. The quantitative estimate of drug-likeness (QED) is 0.158. The van der Waals surface area contributed by atoms with Gasteiger partial charge in [-0.3, -0.25) is 24.6 Å². The van der Waals surface area contributed by atoms with E-state index < -0.39 is 28.4 Å². The fraction of sp³-hybridized carbons (Fsp3) is 0.0385. The van der Waals surface area contributed by atoms with Crippen LogP contribution in [0.4, 0.5) is 10.8 Å². The van der Waals surface area contributed by atoms with Crippen molar-refractivity contribution in [2.75, 3.05) is 4.90 Å². The van der Waals surface area contributed by atoms with Gasteiger partial charge in [-0.25, -0.2) is 4.98 Å². The monoisotopic (exact) mass is 531 g/mol. The highest BCUT2D eigenvalue weighted by atomic mass is 35.5. The van der Waals surface area contributed by atoms with E-state index in [2.05, 4.69) is 4.98 Å². The second-order valence-corrected chi connectivity index (χ2v) is 9.72. The molecule has 1 amide bonds. The number of aliphatic hydroxyl groups is 1. The highest BCUT2D eigenvalue weighted by Crippen LogP contribution is 2.45. The minimum absolute atomic E-state index is 0.0552. The summed E-state index contributed by atoms with van der Waals surface area (Å²) in [4.78, 5) is 43.5. The summed E-state index contributed by atoms with van der Waals surface area (Å²) in [5.41, 5.74) is 1.06. The molecule has 0 saturated carbocycles. The van der Waals surface area contributed by atoms with Gasteiger partial charge in [-0.15, -0.1) is 0 Å². The van der Waals surface area contributed by atoms with Crippen LogP contribution in [0.15, 0.2) is 88.5 Å². The zero-order valence-electron chi connectivity index (χ0n) is 18.6. The Hall–Kier alpha value is -4.54. The van der Waals surface area contributed by atoms with Crippen molar-refractivity contribution in [1.29, 1.82) is 0 Å². The number of thiazole rings is 1. The van der Waals surface area contributed by atoms with Crippen LogP contribution in [-0.4, -0.2) is 26.7 Å². The van der Waals surface area contributed by atoms with Crippen LogP contribution in [-0.2, 0) is 4.79 Å². The first kappa shape index (κ1) is 22.9. The van der Waals surface area contributed by atoms with E-state index in [0.29, 0.717) is 31.8 Å². The number of ketones is 1. The highest BCUT2D eigenvalue weighted by Gasteiger charge is 2.46. The molecular formula is C26H14ClN3O6S. The minimum Gasteiger partial charge on any atom is -0.503 e. The Kier molecular flexibility index (Phi) is 5.28. The van der Waals surface area contributed by atoms with Crippen LogP contribution in [0.5, 0.6) is 0 Å². The van der Waals surface area contributed by atoms with Crippen LogP contribution in [0.2, 0.25) is 5.02 Å². The number of fused-ring (bicyclic) bond motifs is 2. The third kappa shape index (κ3) is 3.74. The Bertz CT molecular complexity index is 1760. The van der Waals surface area contributed by atoms with Crippen molar-refractivity contribution in [1.82, 2.24) is 4.98 Å². The Labute approximate surface area is 217 Å². The predicted molar refractivity (Wildman–Crippen MR) is 138 cm³/mol. The number of carbonyl (C=O) groups excluding carboxylic acids is 2. The number of anilines is 1. The number of rotatable bonds is 5. The number of carbonyl (C=O) groups is 2. The first-order valence-electron chi connectivity index (χ1n) is 10.9. The average Bonchev–Trinajstić information content (AvgIpc) is 3.57. The number of para-hydroxylation sites is 1. The molecule has 1 N–H and O–H groups in total. The van der Waals surface area contributed by atoms with Crippen molar-refractivity contribution in [2.45, 2.75) is 6.04 Å². The highest BCUT2D eigenvalue weighted by molar-refractivity contribution is 7.22. The van der Waals surface area contributed by atoms with Crippen molar-refractivity contribution in [3.8, 4) is 0 Å². The van der Waals surface area contributed by atoms with E-state index in [1.807, 2.05) is 0 Å². The summed E-state index contributed by atoms with van der Waals surface area (Å²) in [7, 11) is 0. The van der Waals surface area contributed by atoms with Gasteiger partial charge < -0.3 is 9.52 Å². The molecule has 1 aliphatic heterocycles. The first-order chi connectivity index (χ1) is 17.8. The summed E-state index contributed by atoms with van der Waals surface area (Å²) in [6.07, 6.45) is 0. The number of nitro groups is 1. The van der Waals surface area contributed by atoms with E-state index in [0.717, 1.165) is 11.3 Å². The van der Waals surface area contributed by atoms with Gasteiger partial charge in [0.2, 0.25) is 5.78 Å². The summed E-state index contributed by atoms with van der Waals surface area (Å²) < 4.78 is 6.42. The lowest BCUT2D eigenvalue weighted by atomic mass is 9.95. The molecular weight excluding hydrogens is 518 g/mol. The van der Waals surface area contributed by atoms with Gasteiger partial charge in [0.05, 0.1) is 26.8 Å². The molecule has 11 heteroatoms. The Balaban J connectivity index is 1.51. The number of nitro benzene ring substituents is 1. The summed E-state index contributed by atoms with van der Waals surface area (Å²) >= 11 is 7.27. The van der Waals surface area contributed by atoms with Crippen LogP contribution >= 0.6 is 22.9 Å². The summed E-state index contributed by atoms with van der Waals surface area (Å²) in [6, 6.07) is 18.0. The SMILES string of the molecule is O=C(C1=C(O)C(=O)N(c2nc3ccc(Cl)cc3s2)C1c1ccc([N+](=O)[O-])cc1)c1cc2ccccc2o1. The van der Waals surface area contributed by atoms with E-state index in [-0.39, 0.29) is 22.2 Å². The normalized spacial score (nSPS) is 15.8. The van der Waals surface area contributed by atoms with Gasteiger partial charge in [0.15, 0.2) is 16.7 Å². The summed E-state index contributed by atoms with van der Waals surface area (Å²) in [5.74, 6) is -2.31. The van der Waals surface area contributed by atoms with Gasteiger partial charge in [-0.05, 0) is 48.0 Å². The van der Waals surface area contributed by atoms with Crippen LogP contribution in [0.25, 0.3) is 21.2 Å². The lowest BCUT2D eigenvalue weighted by molar-refractivity contribution is -0.384. The molecule has 9 nitrogen and oxygen atoms in total. The Morgan fingerprint density at radius 3 is 2.59 bits per heavy atom. The predicted octanol–water partition coefficient (Wildman–Crippen LogP) is 6.39. The van der Waals surface area contributed by atoms with Gasteiger partial charge in [0, 0.05) is 22.5 Å². The van der Waals surface area contributed by atoms with Crippen molar-refractivity contribution < 1.29 is 24.0 Å². The molecule has 0 aliphatic carbocycles. The molecule has 3 heterocycles. The van der Waals surface area contributed by atoms with Crippen LogP contribution in [0.1, 0.15) is 22.2 Å². The third-order valence-electron chi connectivity index (χ3n) is 6.07. The van der Waals surface area contributed by atoms with Crippen molar-refractivity contribution in [2.24, 2.45) is 0 Å². The van der Waals surface area contributed by atoms with Gasteiger partial charge >= 0.3 is 0 Å². The molecule has 3 aromatic carbocycles.